The van der Waals surface area contributed by atoms with Crippen molar-refractivity contribution in [2.24, 2.45) is 0 Å². The Kier molecular flexibility index (Phi) is 4.47. The third kappa shape index (κ3) is 3.29. The van der Waals surface area contributed by atoms with E-state index in [9.17, 15) is 0 Å². The summed E-state index contributed by atoms with van der Waals surface area (Å²) in [4.78, 5) is 14.2. The fourth-order valence-electron chi connectivity index (χ4n) is 3.88. The highest BCUT2D eigenvalue weighted by atomic mass is 15.3. The third-order valence-electron chi connectivity index (χ3n) is 5.24. The second kappa shape index (κ2) is 6.89. The molecule has 0 radical (unpaired) electrons. The van der Waals surface area contributed by atoms with Crippen LogP contribution in [0, 0.1) is 6.92 Å². The van der Waals surface area contributed by atoms with Gasteiger partial charge in [-0.1, -0.05) is 6.42 Å². The number of rotatable bonds is 3. The Morgan fingerprint density at radius 2 is 1.79 bits per heavy atom. The van der Waals surface area contributed by atoms with Gasteiger partial charge in [-0.3, -0.25) is 0 Å². The number of aromatic nitrogens is 4. The summed E-state index contributed by atoms with van der Waals surface area (Å²) in [5.74, 6) is 1.67. The minimum absolute atomic E-state index is 0.749. The zero-order chi connectivity index (χ0) is 16.4. The van der Waals surface area contributed by atoms with Gasteiger partial charge in [0.05, 0.1) is 5.69 Å². The second-order valence-electron chi connectivity index (χ2n) is 6.93. The molecule has 0 aromatic carbocycles. The second-order valence-corrected chi connectivity index (χ2v) is 6.93. The lowest BCUT2D eigenvalue weighted by Crippen LogP contribution is -2.47. The normalized spacial score (nSPS) is 20.5. The predicted molar refractivity (Wildman–Crippen MR) is 94.6 cm³/mol. The fraction of sp³-hybridized carbons (Fsp3) is 0.611. The van der Waals surface area contributed by atoms with Crippen molar-refractivity contribution in [3.8, 4) is 5.82 Å². The number of nitrogens with zero attached hydrogens (tertiary/aromatic N) is 6. The summed E-state index contributed by atoms with van der Waals surface area (Å²) in [6.45, 7) is 6.65. The van der Waals surface area contributed by atoms with E-state index in [0.29, 0.717) is 0 Å². The first-order chi connectivity index (χ1) is 11.8. The molecule has 128 valence electrons. The molecule has 2 saturated heterocycles. The van der Waals surface area contributed by atoms with Crippen LogP contribution in [0.4, 0.5) is 5.95 Å². The Morgan fingerprint density at radius 1 is 1.00 bits per heavy atom. The molecule has 2 aliphatic rings. The molecule has 0 atom stereocenters. The zero-order valence-electron chi connectivity index (χ0n) is 14.4. The van der Waals surface area contributed by atoms with Crippen molar-refractivity contribution in [2.75, 3.05) is 31.1 Å². The van der Waals surface area contributed by atoms with E-state index in [1.807, 2.05) is 36.1 Å². The largest absolute Gasteiger partial charge is 0.341 e. The van der Waals surface area contributed by atoms with Crippen molar-refractivity contribution in [2.45, 2.75) is 45.1 Å². The molecule has 4 heterocycles. The van der Waals surface area contributed by atoms with Gasteiger partial charge in [-0.25, -0.2) is 9.67 Å². The van der Waals surface area contributed by atoms with Gasteiger partial charge < -0.3 is 9.80 Å². The van der Waals surface area contributed by atoms with Crippen LogP contribution >= 0.6 is 0 Å². The molecule has 2 fully saturated rings. The molecule has 4 rings (SSSR count). The Morgan fingerprint density at radius 3 is 2.50 bits per heavy atom. The molecular weight excluding hydrogens is 300 g/mol. The summed E-state index contributed by atoms with van der Waals surface area (Å²) in [5.41, 5.74) is 0.998. The average molecular weight is 326 g/mol. The Hall–Kier alpha value is -1.95. The van der Waals surface area contributed by atoms with Crippen molar-refractivity contribution >= 4 is 5.95 Å². The topological polar surface area (TPSA) is 50.1 Å². The van der Waals surface area contributed by atoms with Gasteiger partial charge in [-0.15, -0.1) is 0 Å². The number of likely N-dealkylation sites (tertiary alicyclic amines) is 1. The van der Waals surface area contributed by atoms with Gasteiger partial charge >= 0.3 is 0 Å². The number of hydrogen-bond donors (Lipinski definition) is 0. The molecule has 0 spiro atoms. The van der Waals surface area contributed by atoms with E-state index in [1.54, 1.807) is 0 Å². The molecule has 0 N–H and O–H groups in total. The van der Waals surface area contributed by atoms with Crippen LogP contribution in [0.25, 0.3) is 5.82 Å². The highest BCUT2D eigenvalue weighted by Gasteiger charge is 2.26. The van der Waals surface area contributed by atoms with Crippen molar-refractivity contribution in [3.63, 3.8) is 0 Å². The molecule has 0 amide bonds. The van der Waals surface area contributed by atoms with E-state index >= 15 is 0 Å². The molecule has 0 aliphatic carbocycles. The highest BCUT2D eigenvalue weighted by Crippen LogP contribution is 2.23. The first-order valence-corrected chi connectivity index (χ1v) is 9.14. The number of aryl methyl sites for hydroxylation is 1. The van der Waals surface area contributed by atoms with E-state index in [1.165, 1.54) is 45.2 Å². The third-order valence-corrected chi connectivity index (χ3v) is 5.24. The van der Waals surface area contributed by atoms with Crippen molar-refractivity contribution in [3.05, 3.63) is 30.2 Å². The Bertz CT molecular complexity index is 668. The monoisotopic (exact) mass is 326 g/mol. The maximum atomic E-state index is 4.72. The van der Waals surface area contributed by atoms with E-state index in [0.717, 1.165) is 36.6 Å². The van der Waals surface area contributed by atoms with Gasteiger partial charge in [-0.2, -0.15) is 10.1 Å². The summed E-state index contributed by atoms with van der Waals surface area (Å²) in [6.07, 6.45) is 10.4. The van der Waals surface area contributed by atoms with Gasteiger partial charge in [0.2, 0.25) is 5.95 Å². The van der Waals surface area contributed by atoms with E-state index in [-0.39, 0.29) is 0 Å². The van der Waals surface area contributed by atoms with Crippen LogP contribution in [0.1, 0.15) is 37.8 Å². The Balaban J connectivity index is 1.42. The maximum absolute atomic E-state index is 4.72. The zero-order valence-corrected chi connectivity index (χ0v) is 14.4. The number of hydrogen-bond acceptors (Lipinski definition) is 5. The molecule has 0 unspecified atom stereocenters. The van der Waals surface area contributed by atoms with Gasteiger partial charge in [0.25, 0.3) is 0 Å². The summed E-state index contributed by atoms with van der Waals surface area (Å²) in [5, 5.41) is 4.44. The molecule has 2 aromatic heterocycles. The van der Waals surface area contributed by atoms with Crippen LogP contribution in [0.3, 0.4) is 0 Å². The van der Waals surface area contributed by atoms with Crippen molar-refractivity contribution < 1.29 is 0 Å². The minimum Gasteiger partial charge on any atom is -0.341 e. The van der Waals surface area contributed by atoms with Gasteiger partial charge in [0.1, 0.15) is 0 Å². The standard InChI is InChI=1S/C18H26N6/c1-15-6-14-24(21-15)17-5-9-19-18(20-17)23-12-7-16(8-13-23)22-10-3-2-4-11-22/h5-6,9,14,16H,2-4,7-8,10-13H2,1H3. The number of piperidine rings is 2. The molecule has 0 bridgehead atoms. The highest BCUT2D eigenvalue weighted by molar-refractivity contribution is 5.35. The van der Waals surface area contributed by atoms with Crippen LogP contribution in [0.2, 0.25) is 0 Å². The van der Waals surface area contributed by atoms with Gasteiger partial charge in [-0.05, 0) is 51.8 Å². The van der Waals surface area contributed by atoms with Gasteiger partial charge in [0, 0.05) is 37.6 Å². The van der Waals surface area contributed by atoms with Crippen LogP contribution in [-0.4, -0.2) is 56.9 Å². The molecule has 2 aromatic rings. The molecule has 2 aliphatic heterocycles. The lowest BCUT2D eigenvalue weighted by Gasteiger charge is -2.40. The lowest BCUT2D eigenvalue weighted by atomic mass is 10.0. The van der Waals surface area contributed by atoms with Crippen LogP contribution in [0.5, 0.6) is 0 Å². The van der Waals surface area contributed by atoms with E-state index in [4.69, 9.17) is 4.98 Å². The quantitative estimate of drug-likeness (QED) is 0.867. The molecular formula is C18H26N6. The molecule has 6 nitrogen and oxygen atoms in total. The smallest absolute Gasteiger partial charge is 0.227 e. The average Bonchev–Trinajstić information content (AvgIpc) is 3.09. The molecule has 24 heavy (non-hydrogen) atoms. The fourth-order valence-corrected chi connectivity index (χ4v) is 3.88. The maximum Gasteiger partial charge on any atom is 0.227 e. The van der Waals surface area contributed by atoms with E-state index < -0.39 is 0 Å². The van der Waals surface area contributed by atoms with Crippen molar-refractivity contribution in [1.82, 2.24) is 24.6 Å². The first kappa shape index (κ1) is 15.6. The predicted octanol–water partition coefficient (Wildman–Crippen LogP) is 2.43. The lowest BCUT2D eigenvalue weighted by molar-refractivity contribution is 0.141. The summed E-state index contributed by atoms with van der Waals surface area (Å²) in [6, 6.07) is 4.65. The summed E-state index contributed by atoms with van der Waals surface area (Å²) in [7, 11) is 0. The number of anilines is 1. The van der Waals surface area contributed by atoms with Crippen LogP contribution in [0.15, 0.2) is 24.5 Å². The summed E-state index contributed by atoms with van der Waals surface area (Å²) >= 11 is 0. The summed E-state index contributed by atoms with van der Waals surface area (Å²) < 4.78 is 1.82. The minimum atomic E-state index is 0.749. The first-order valence-electron chi connectivity index (χ1n) is 9.14. The SMILES string of the molecule is Cc1ccn(-c2ccnc(N3CCC(N4CCCCC4)CC3)n2)n1. The van der Waals surface area contributed by atoms with Crippen LogP contribution < -0.4 is 4.90 Å². The van der Waals surface area contributed by atoms with Crippen molar-refractivity contribution in [1.29, 1.82) is 0 Å². The van der Waals surface area contributed by atoms with E-state index in [2.05, 4.69) is 19.9 Å². The molecule has 0 saturated carbocycles. The van der Waals surface area contributed by atoms with Crippen LogP contribution in [-0.2, 0) is 0 Å². The Labute approximate surface area is 143 Å². The van der Waals surface area contributed by atoms with Gasteiger partial charge in [0.15, 0.2) is 5.82 Å². The molecule has 6 heteroatoms.